The molecule has 2 unspecified atom stereocenters. The number of nitrogens with one attached hydrogen (secondary N) is 1. The maximum atomic E-state index is 11.2. The van der Waals surface area contributed by atoms with Crippen LogP contribution < -0.4 is 11.5 Å². The standard InChI is InChI=1S/C16H22N2O2/c1-16(2)8-4-3-5-11(16)14(17)10-6-7-12-13(9-10)20-15(19)18-12/h6-7,9,11,14H,3-5,8,17H2,1-2H3,(H,18,19). The van der Waals surface area contributed by atoms with Gasteiger partial charge in [0, 0.05) is 6.04 Å². The molecule has 2 atom stereocenters. The summed E-state index contributed by atoms with van der Waals surface area (Å²) in [6.45, 7) is 4.62. The van der Waals surface area contributed by atoms with E-state index in [2.05, 4.69) is 18.8 Å². The number of benzene rings is 1. The monoisotopic (exact) mass is 274 g/mol. The summed E-state index contributed by atoms with van der Waals surface area (Å²) in [7, 11) is 0. The Morgan fingerprint density at radius 3 is 2.95 bits per heavy atom. The van der Waals surface area contributed by atoms with Crippen molar-refractivity contribution < 1.29 is 4.42 Å². The molecule has 3 N–H and O–H groups in total. The van der Waals surface area contributed by atoms with Crippen molar-refractivity contribution in [2.75, 3.05) is 0 Å². The van der Waals surface area contributed by atoms with Crippen molar-refractivity contribution >= 4 is 11.1 Å². The van der Waals surface area contributed by atoms with Gasteiger partial charge < -0.3 is 10.2 Å². The van der Waals surface area contributed by atoms with Crippen molar-refractivity contribution in [3.8, 4) is 0 Å². The van der Waals surface area contributed by atoms with E-state index >= 15 is 0 Å². The zero-order valence-electron chi connectivity index (χ0n) is 12.1. The third-order valence-corrected chi connectivity index (χ3v) is 4.85. The highest BCUT2D eigenvalue weighted by Gasteiger charge is 2.36. The lowest BCUT2D eigenvalue weighted by molar-refractivity contribution is 0.112. The Morgan fingerprint density at radius 2 is 2.20 bits per heavy atom. The minimum Gasteiger partial charge on any atom is -0.408 e. The van der Waals surface area contributed by atoms with Crippen LogP contribution in [0.15, 0.2) is 27.4 Å². The van der Waals surface area contributed by atoms with Gasteiger partial charge in [-0.2, -0.15) is 0 Å². The van der Waals surface area contributed by atoms with Crippen molar-refractivity contribution in [2.45, 2.75) is 45.6 Å². The predicted octanol–water partition coefficient (Wildman–Crippen LogP) is 3.34. The number of hydrogen-bond acceptors (Lipinski definition) is 3. The van der Waals surface area contributed by atoms with E-state index in [1.54, 1.807) is 0 Å². The second-order valence-electron chi connectivity index (χ2n) is 6.64. The Balaban J connectivity index is 1.94. The van der Waals surface area contributed by atoms with E-state index in [-0.39, 0.29) is 11.5 Å². The van der Waals surface area contributed by atoms with E-state index in [4.69, 9.17) is 10.2 Å². The molecule has 2 aromatic rings. The number of oxazole rings is 1. The van der Waals surface area contributed by atoms with Crippen LogP contribution in [0.3, 0.4) is 0 Å². The fourth-order valence-electron chi connectivity index (χ4n) is 3.59. The van der Waals surface area contributed by atoms with E-state index in [1.165, 1.54) is 25.7 Å². The van der Waals surface area contributed by atoms with Gasteiger partial charge >= 0.3 is 5.76 Å². The summed E-state index contributed by atoms with van der Waals surface area (Å²) in [6, 6.07) is 5.78. The average molecular weight is 274 g/mol. The highest BCUT2D eigenvalue weighted by atomic mass is 16.4. The van der Waals surface area contributed by atoms with E-state index in [9.17, 15) is 4.79 Å². The fraction of sp³-hybridized carbons (Fsp3) is 0.562. The zero-order valence-corrected chi connectivity index (χ0v) is 12.1. The lowest BCUT2D eigenvalue weighted by atomic mass is 9.65. The van der Waals surface area contributed by atoms with Gasteiger partial charge in [-0.25, -0.2) is 4.79 Å². The molecule has 0 saturated heterocycles. The number of nitrogens with two attached hydrogens (primary N) is 1. The molecular weight excluding hydrogens is 252 g/mol. The number of aromatic nitrogens is 1. The maximum absolute atomic E-state index is 11.2. The summed E-state index contributed by atoms with van der Waals surface area (Å²) in [5.41, 5.74) is 9.16. The van der Waals surface area contributed by atoms with Gasteiger partial charge in [0.1, 0.15) is 0 Å². The van der Waals surface area contributed by atoms with E-state index in [0.717, 1.165) is 11.1 Å². The summed E-state index contributed by atoms with van der Waals surface area (Å²) in [5.74, 6) is 0.0584. The molecule has 1 aliphatic rings. The largest absolute Gasteiger partial charge is 0.417 e. The molecule has 1 heterocycles. The smallest absolute Gasteiger partial charge is 0.408 e. The van der Waals surface area contributed by atoms with E-state index in [1.807, 2.05) is 18.2 Å². The molecule has 0 radical (unpaired) electrons. The van der Waals surface area contributed by atoms with Crippen LogP contribution in [0.2, 0.25) is 0 Å². The second-order valence-corrected chi connectivity index (χ2v) is 6.64. The molecule has 108 valence electrons. The molecule has 0 bridgehead atoms. The van der Waals surface area contributed by atoms with Crippen molar-refractivity contribution in [3.63, 3.8) is 0 Å². The molecule has 3 rings (SSSR count). The van der Waals surface area contributed by atoms with Crippen LogP contribution in [0.1, 0.15) is 51.1 Å². The number of fused-ring (bicyclic) bond motifs is 1. The van der Waals surface area contributed by atoms with Crippen LogP contribution in [-0.4, -0.2) is 4.98 Å². The van der Waals surface area contributed by atoms with Crippen molar-refractivity contribution in [1.29, 1.82) is 0 Å². The van der Waals surface area contributed by atoms with E-state index < -0.39 is 5.76 Å². The molecule has 1 fully saturated rings. The first-order valence-electron chi connectivity index (χ1n) is 7.36. The van der Waals surface area contributed by atoms with Crippen LogP contribution in [-0.2, 0) is 0 Å². The van der Waals surface area contributed by atoms with Crippen molar-refractivity contribution in [3.05, 3.63) is 34.3 Å². The van der Waals surface area contributed by atoms with Crippen LogP contribution in [0.25, 0.3) is 11.1 Å². The minimum absolute atomic E-state index is 0.00472. The third kappa shape index (κ3) is 2.29. The molecule has 4 heteroatoms. The third-order valence-electron chi connectivity index (χ3n) is 4.85. The quantitative estimate of drug-likeness (QED) is 0.882. The van der Waals surface area contributed by atoms with Gasteiger partial charge in [0.05, 0.1) is 5.52 Å². The lowest BCUT2D eigenvalue weighted by Crippen LogP contribution is -2.36. The second kappa shape index (κ2) is 4.77. The maximum Gasteiger partial charge on any atom is 0.417 e. The molecule has 0 aliphatic heterocycles. The Labute approximate surface area is 118 Å². The first kappa shape index (κ1) is 13.4. The van der Waals surface area contributed by atoms with Crippen LogP contribution >= 0.6 is 0 Å². The van der Waals surface area contributed by atoms with Crippen molar-refractivity contribution in [1.82, 2.24) is 4.98 Å². The zero-order chi connectivity index (χ0) is 14.3. The SMILES string of the molecule is CC1(C)CCCCC1C(N)c1ccc2[nH]c(=O)oc2c1. The fourth-order valence-corrected chi connectivity index (χ4v) is 3.59. The van der Waals surface area contributed by atoms with Gasteiger partial charge in [-0.3, -0.25) is 4.98 Å². The van der Waals surface area contributed by atoms with Crippen LogP contribution in [0.5, 0.6) is 0 Å². The highest BCUT2D eigenvalue weighted by Crippen LogP contribution is 2.46. The van der Waals surface area contributed by atoms with Crippen LogP contribution in [0.4, 0.5) is 0 Å². The Kier molecular flexibility index (Phi) is 3.21. The summed E-state index contributed by atoms with van der Waals surface area (Å²) < 4.78 is 5.13. The molecule has 4 nitrogen and oxygen atoms in total. The topological polar surface area (TPSA) is 72.0 Å². The highest BCUT2D eigenvalue weighted by molar-refractivity contribution is 5.72. The number of hydrogen-bond donors (Lipinski definition) is 2. The molecule has 1 saturated carbocycles. The minimum atomic E-state index is -0.413. The Hall–Kier alpha value is -1.55. The summed E-state index contributed by atoms with van der Waals surface area (Å²) >= 11 is 0. The van der Waals surface area contributed by atoms with Gasteiger partial charge in [-0.15, -0.1) is 0 Å². The molecule has 1 aromatic heterocycles. The lowest BCUT2D eigenvalue weighted by Gasteiger charge is -2.42. The molecule has 1 aromatic carbocycles. The molecular formula is C16H22N2O2. The van der Waals surface area contributed by atoms with Gasteiger partial charge in [-0.1, -0.05) is 32.8 Å². The first-order valence-corrected chi connectivity index (χ1v) is 7.36. The number of aromatic amines is 1. The number of H-pyrrole nitrogens is 1. The van der Waals surface area contributed by atoms with Crippen LogP contribution in [0, 0.1) is 11.3 Å². The summed E-state index contributed by atoms with van der Waals surface area (Å²) in [5, 5.41) is 0. The Morgan fingerprint density at radius 1 is 1.40 bits per heavy atom. The molecule has 1 aliphatic carbocycles. The van der Waals surface area contributed by atoms with Gasteiger partial charge in [0.25, 0.3) is 0 Å². The first-order chi connectivity index (χ1) is 9.47. The Bertz CT molecular complexity index is 668. The van der Waals surface area contributed by atoms with E-state index in [0.29, 0.717) is 11.5 Å². The molecule has 0 amide bonds. The summed E-state index contributed by atoms with van der Waals surface area (Å²) in [6.07, 6.45) is 4.95. The predicted molar refractivity (Wildman–Crippen MR) is 79.5 cm³/mol. The average Bonchev–Trinajstić information content (AvgIpc) is 2.76. The van der Waals surface area contributed by atoms with Crippen molar-refractivity contribution in [2.24, 2.45) is 17.1 Å². The molecule has 20 heavy (non-hydrogen) atoms. The van der Waals surface area contributed by atoms with Gasteiger partial charge in [0.2, 0.25) is 0 Å². The number of rotatable bonds is 2. The van der Waals surface area contributed by atoms with Gasteiger partial charge in [-0.05, 0) is 41.9 Å². The summed E-state index contributed by atoms with van der Waals surface area (Å²) in [4.78, 5) is 13.9. The van der Waals surface area contributed by atoms with Gasteiger partial charge in [0.15, 0.2) is 5.58 Å². The normalized spacial score (nSPS) is 23.9. The molecule has 0 spiro atoms.